The fourth-order valence-electron chi connectivity index (χ4n) is 6.16. The van der Waals surface area contributed by atoms with E-state index >= 15 is 0 Å². The molecule has 9 rings (SSSR count). The van der Waals surface area contributed by atoms with Crippen molar-refractivity contribution in [2.24, 2.45) is 0 Å². The van der Waals surface area contributed by atoms with Crippen LogP contribution in [0.1, 0.15) is 0 Å². The third-order valence-electron chi connectivity index (χ3n) is 8.78. The predicted molar refractivity (Wildman–Crippen MR) is 214 cm³/mol. The molecule has 0 aliphatic carbocycles. The molecule has 2 aliphatic heterocycles. The van der Waals surface area contributed by atoms with Gasteiger partial charge in [-0.15, -0.1) is 59.7 Å². The molecule has 0 saturated heterocycles. The molecule has 3 heterocycles. The van der Waals surface area contributed by atoms with Crippen molar-refractivity contribution < 1.29 is 21.1 Å². The van der Waals surface area contributed by atoms with Crippen LogP contribution in [-0.2, 0) is 21.1 Å². The van der Waals surface area contributed by atoms with Crippen molar-refractivity contribution >= 4 is 22.7 Å². The van der Waals surface area contributed by atoms with Crippen LogP contribution >= 0.6 is 0 Å². The van der Waals surface area contributed by atoms with Crippen LogP contribution in [-0.4, -0.2) is 25.5 Å². The van der Waals surface area contributed by atoms with E-state index in [2.05, 4.69) is 159 Å². The molecule has 1 aromatic heterocycles. The van der Waals surface area contributed by atoms with E-state index in [9.17, 15) is 0 Å². The fraction of sp³-hybridized carbons (Fsp3) is 0.0652. The topological polar surface area (TPSA) is 48.7 Å². The standard InChI is InChI=1S/C20H17N2.C17H15N2.C9H6N2.Pt/c1-21-15-22(20-13-6-5-12-19(20)21)18-11-7-10-17(14-18)16-8-3-2-4-9-16;1-2-16-12-18-13-19(16)17-10-6-9-15(11-17)14-7-4-3-5-8-14;1-2-4-8(5-3-1)9-6-7-10-11-9;/h2-10,12-14H,15H2,1H3;2-9,11-12,18H,1,13H2;1-4,6-7H;/q2*-1;-2;+4. The van der Waals surface area contributed by atoms with E-state index in [4.69, 9.17) is 0 Å². The molecular formula is C46H38N6Pt. The largest absolute Gasteiger partial charge is 4.00 e. The molecule has 0 spiro atoms. The molecule has 0 saturated carbocycles. The fourth-order valence-corrected chi connectivity index (χ4v) is 6.16. The summed E-state index contributed by atoms with van der Waals surface area (Å²) >= 11 is 0. The first-order chi connectivity index (χ1) is 25.7. The van der Waals surface area contributed by atoms with Crippen molar-refractivity contribution in [2.75, 3.05) is 35.1 Å². The molecule has 6 aromatic carbocycles. The van der Waals surface area contributed by atoms with Crippen LogP contribution in [0.25, 0.3) is 33.5 Å². The third kappa shape index (κ3) is 8.86. The van der Waals surface area contributed by atoms with E-state index in [1.54, 1.807) is 6.20 Å². The first kappa shape index (κ1) is 36.7. The van der Waals surface area contributed by atoms with Gasteiger partial charge >= 0.3 is 21.1 Å². The summed E-state index contributed by atoms with van der Waals surface area (Å²) in [6, 6.07) is 61.2. The van der Waals surface area contributed by atoms with Gasteiger partial charge in [-0.2, -0.15) is 42.0 Å². The monoisotopic (exact) mass is 869 g/mol. The van der Waals surface area contributed by atoms with Crippen molar-refractivity contribution in [3.63, 3.8) is 0 Å². The minimum atomic E-state index is 0. The molecule has 1 N–H and O–H groups in total. The number of nitrogens with one attached hydrogen (secondary N) is 1. The van der Waals surface area contributed by atoms with Crippen LogP contribution in [0.15, 0.2) is 182 Å². The number of para-hydroxylation sites is 2. The molecule has 0 atom stereocenters. The maximum atomic E-state index is 3.91. The Morgan fingerprint density at radius 3 is 1.85 bits per heavy atom. The van der Waals surface area contributed by atoms with Gasteiger partial charge in [0.2, 0.25) is 0 Å². The van der Waals surface area contributed by atoms with Crippen molar-refractivity contribution in [2.45, 2.75) is 0 Å². The molecule has 262 valence electrons. The summed E-state index contributed by atoms with van der Waals surface area (Å²) in [5, 5.41) is 10.8. The molecule has 0 bridgehead atoms. The van der Waals surface area contributed by atoms with Crippen molar-refractivity contribution in [3.8, 4) is 33.5 Å². The van der Waals surface area contributed by atoms with Gasteiger partial charge in [0.15, 0.2) is 0 Å². The number of fused-ring (bicyclic) bond motifs is 1. The number of benzene rings is 6. The van der Waals surface area contributed by atoms with E-state index in [0.717, 1.165) is 41.7 Å². The predicted octanol–water partition coefficient (Wildman–Crippen LogP) is 9.75. The number of hydrogen-bond donors (Lipinski definition) is 1. The number of hydrogen-bond acceptors (Lipinski definition) is 5. The second-order valence-corrected chi connectivity index (χ2v) is 12.2. The quantitative estimate of drug-likeness (QED) is 0.168. The summed E-state index contributed by atoms with van der Waals surface area (Å²) in [7, 11) is 2.12. The van der Waals surface area contributed by atoms with Gasteiger partial charge in [-0.1, -0.05) is 90.8 Å². The average molecular weight is 870 g/mol. The summed E-state index contributed by atoms with van der Waals surface area (Å²) in [5.41, 5.74) is 12.5. The van der Waals surface area contributed by atoms with E-state index < -0.39 is 0 Å². The molecule has 7 aromatic rings. The Kier molecular flexibility index (Phi) is 12.4. The van der Waals surface area contributed by atoms with Crippen LogP contribution in [0.2, 0.25) is 0 Å². The summed E-state index contributed by atoms with van der Waals surface area (Å²) in [4.78, 5) is 6.72. The third-order valence-corrected chi connectivity index (χ3v) is 8.78. The molecule has 2 aliphatic rings. The maximum absolute atomic E-state index is 3.91. The Balaban J connectivity index is 0.000000142. The van der Waals surface area contributed by atoms with E-state index in [1.165, 1.54) is 33.6 Å². The second kappa shape index (κ2) is 17.9. The van der Waals surface area contributed by atoms with Gasteiger partial charge < -0.3 is 30.2 Å². The molecule has 53 heavy (non-hydrogen) atoms. The number of anilines is 4. The van der Waals surface area contributed by atoms with Gasteiger partial charge in [-0.3, -0.25) is 0 Å². The van der Waals surface area contributed by atoms with Gasteiger partial charge in [0, 0.05) is 13.2 Å². The number of rotatable bonds is 6. The van der Waals surface area contributed by atoms with Crippen LogP contribution in [0.4, 0.5) is 22.7 Å². The van der Waals surface area contributed by atoms with E-state index in [0.29, 0.717) is 0 Å². The minimum absolute atomic E-state index is 0. The van der Waals surface area contributed by atoms with Crippen LogP contribution in [0, 0.1) is 18.2 Å². The Labute approximate surface area is 327 Å². The second-order valence-electron chi connectivity index (χ2n) is 12.2. The van der Waals surface area contributed by atoms with Crippen molar-refractivity contribution in [3.05, 3.63) is 201 Å². The number of aromatic nitrogens is 2. The normalized spacial score (nSPS) is 12.5. The number of nitrogens with zero attached hydrogens (tertiary/aromatic N) is 5. The van der Waals surface area contributed by atoms with Gasteiger partial charge in [-0.05, 0) is 35.5 Å². The maximum Gasteiger partial charge on any atom is 4.00 e. The number of allylic oxidation sites excluding steroid dienone is 1. The Morgan fingerprint density at radius 2 is 1.26 bits per heavy atom. The Hall–Kier alpha value is -6.10. The van der Waals surface area contributed by atoms with Gasteiger partial charge in [0.25, 0.3) is 0 Å². The zero-order valence-electron chi connectivity index (χ0n) is 29.3. The van der Waals surface area contributed by atoms with E-state index in [1.807, 2.05) is 66.9 Å². The van der Waals surface area contributed by atoms with E-state index in [-0.39, 0.29) is 21.1 Å². The van der Waals surface area contributed by atoms with Crippen LogP contribution in [0.3, 0.4) is 0 Å². The van der Waals surface area contributed by atoms with Gasteiger partial charge in [-0.25, -0.2) is 5.69 Å². The van der Waals surface area contributed by atoms with Crippen LogP contribution in [0.5, 0.6) is 0 Å². The average Bonchev–Trinajstić information content (AvgIpc) is 4.01. The molecule has 0 fully saturated rings. The SMILES string of the molecule is C=CC1=CNCN1c1[c-]ccc(-c2ccccc2)c1.CN1CN(c2[c-]ccc(-c3ccccc3)c2)c2ccccc21.[Pt+4].[c-]1ccccc1-c1ccn[n-]1. The summed E-state index contributed by atoms with van der Waals surface area (Å²) in [6.45, 7) is 5.45. The molecule has 0 unspecified atom stereocenters. The first-order valence-corrected chi connectivity index (χ1v) is 17.1. The summed E-state index contributed by atoms with van der Waals surface area (Å²) in [6.07, 6.45) is 5.50. The van der Waals surface area contributed by atoms with Gasteiger partial charge in [0.05, 0.1) is 30.4 Å². The minimum Gasteiger partial charge on any atom is -0.619 e. The van der Waals surface area contributed by atoms with Gasteiger partial charge in [0.1, 0.15) is 0 Å². The first-order valence-electron chi connectivity index (χ1n) is 17.1. The molecular weight excluding hydrogens is 832 g/mol. The van der Waals surface area contributed by atoms with Crippen molar-refractivity contribution in [1.29, 1.82) is 0 Å². The molecule has 0 amide bonds. The smallest absolute Gasteiger partial charge is 0.619 e. The summed E-state index contributed by atoms with van der Waals surface area (Å²) < 4.78 is 0. The molecule has 0 radical (unpaired) electrons. The molecule has 7 heteroatoms. The zero-order chi connectivity index (χ0) is 35.5. The Bertz CT molecular complexity index is 2220. The summed E-state index contributed by atoms with van der Waals surface area (Å²) in [5.74, 6) is 0. The zero-order valence-corrected chi connectivity index (χ0v) is 31.6. The van der Waals surface area contributed by atoms with Crippen molar-refractivity contribution in [1.82, 2.24) is 15.5 Å². The van der Waals surface area contributed by atoms with Crippen LogP contribution < -0.4 is 25.1 Å². The Morgan fingerprint density at radius 1 is 0.660 bits per heavy atom. The molecule has 6 nitrogen and oxygen atoms in total.